The highest BCUT2D eigenvalue weighted by Gasteiger charge is 2.30. The average Bonchev–Trinajstić information content (AvgIpc) is 3.59. The van der Waals surface area contributed by atoms with Gasteiger partial charge in [-0.05, 0) is 81.8 Å². The van der Waals surface area contributed by atoms with Crippen LogP contribution in [0.3, 0.4) is 0 Å². The van der Waals surface area contributed by atoms with Crippen molar-refractivity contribution >= 4 is 17.1 Å². The molecular formula is C26H30FN5O2. The number of carbonyl (C=O) groups excluding carboxylic acids is 1. The lowest BCUT2D eigenvalue weighted by molar-refractivity contribution is 0.0712. The normalized spacial score (nSPS) is 20.1. The summed E-state index contributed by atoms with van der Waals surface area (Å²) in [5, 5.41) is 3.37. The number of aromatic nitrogens is 3. The largest absolute Gasteiger partial charge is 0.490 e. The molecule has 4 heterocycles. The first-order chi connectivity index (χ1) is 16.7. The number of pyridine rings is 1. The second-order valence-corrected chi connectivity index (χ2v) is 9.77. The van der Waals surface area contributed by atoms with Crippen LogP contribution in [-0.4, -0.2) is 58.0 Å². The summed E-state index contributed by atoms with van der Waals surface area (Å²) in [5.74, 6) is 1.85. The highest BCUT2D eigenvalue weighted by molar-refractivity contribution is 5.94. The molecule has 0 unspecified atom stereocenters. The second kappa shape index (κ2) is 8.98. The number of rotatable bonds is 5. The summed E-state index contributed by atoms with van der Waals surface area (Å²) in [5.41, 5.74) is 2.66. The second-order valence-electron chi connectivity index (χ2n) is 9.77. The first kappa shape index (κ1) is 21.5. The third-order valence-corrected chi connectivity index (χ3v) is 7.37. The standard InChI is InChI=1S/C26H30FN5O2/c27-21-15-29-25-23(30-24(31-25)17-7-11-28-12-8-17)22(21)16-9-13-32(14-10-16)26(33)18-1-3-19(4-2-18)34-20-5-6-20/h1-4,15-17,20,28H,5-14H2,(H,29,30,31). The zero-order valence-electron chi connectivity index (χ0n) is 19.2. The molecule has 3 fully saturated rings. The smallest absolute Gasteiger partial charge is 0.253 e. The molecule has 3 aliphatic rings. The molecule has 7 nitrogen and oxygen atoms in total. The molecule has 2 N–H and O–H groups in total. The number of halogens is 1. The van der Waals surface area contributed by atoms with Crippen LogP contribution < -0.4 is 10.1 Å². The van der Waals surface area contributed by atoms with Gasteiger partial charge in [-0.3, -0.25) is 4.79 Å². The van der Waals surface area contributed by atoms with Crippen molar-refractivity contribution in [1.29, 1.82) is 0 Å². The molecule has 0 radical (unpaired) electrons. The van der Waals surface area contributed by atoms with Crippen LogP contribution in [0.25, 0.3) is 11.2 Å². The van der Waals surface area contributed by atoms with E-state index in [1.165, 1.54) is 6.20 Å². The van der Waals surface area contributed by atoms with E-state index in [0.29, 0.717) is 54.7 Å². The number of aromatic amines is 1. The van der Waals surface area contributed by atoms with Crippen molar-refractivity contribution in [3.63, 3.8) is 0 Å². The fourth-order valence-electron chi connectivity index (χ4n) is 5.27. The van der Waals surface area contributed by atoms with Crippen LogP contribution in [0, 0.1) is 5.82 Å². The van der Waals surface area contributed by atoms with Gasteiger partial charge in [0.2, 0.25) is 0 Å². The Labute approximate surface area is 198 Å². The average molecular weight is 464 g/mol. The van der Waals surface area contributed by atoms with E-state index in [-0.39, 0.29) is 17.6 Å². The molecule has 178 valence electrons. The fraction of sp³-hybridized carbons (Fsp3) is 0.500. The van der Waals surface area contributed by atoms with Crippen LogP contribution in [0.1, 0.15) is 72.1 Å². The Balaban J connectivity index is 1.15. The van der Waals surface area contributed by atoms with Gasteiger partial charge in [-0.25, -0.2) is 14.4 Å². The summed E-state index contributed by atoms with van der Waals surface area (Å²) >= 11 is 0. The van der Waals surface area contributed by atoms with E-state index in [1.54, 1.807) is 0 Å². The number of likely N-dealkylation sites (tertiary alicyclic amines) is 1. The molecule has 0 spiro atoms. The van der Waals surface area contributed by atoms with E-state index in [4.69, 9.17) is 9.72 Å². The maximum absolute atomic E-state index is 15.0. The molecule has 1 aromatic carbocycles. The number of nitrogens with one attached hydrogen (secondary N) is 2. The first-order valence-electron chi connectivity index (χ1n) is 12.5. The predicted octanol–water partition coefficient (Wildman–Crippen LogP) is 4.13. The zero-order valence-corrected chi connectivity index (χ0v) is 19.2. The van der Waals surface area contributed by atoms with Gasteiger partial charge in [0.1, 0.15) is 17.4 Å². The highest BCUT2D eigenvalue weighted by atomic mass is 19.1. The molecule has 1 saturated carbocycles. The van der Waals surface area contributed by atoms with Crippen LogP contribution in [0.15, 0.2) is 30.5 Å². The third kappa shape index (κ3) is 4.27. The van der Waals surface area contributed by atoms with Gasteiger partial charge < -0.3 is 19.9 Å². The third-order valence-electron chi connectivity index (χ3n) is 7.37. The zero-order chi connectivity index (χ0) is 23.1. The Hall–Kier alpha value is -3.00. The number of hydrogen-bond donors (Lipinski definition) is 2. The summed E-state index contributed by atoms with van der Waals surface area (Å²) < 4.78 is 20.8. The summed E-state index contributed by atoms with van der Waals surface area (Å²) in [7, 11) is 0. The van der Waals surface area contributed by atoms with E-state index < -0.39 is 0 Å². The fourth-order valence-corrected chi connectivity index (χ4v) is 5.27. The van der Waals surface area contributed by atoms with Gasteiger partial charge in [-0.1, -0.05) is 0 Å². The number of ether oxygens (including phenoxy) is 1. The van der Waals surface area contributed by atoms with Gasteiger partial charge in [-0.2, -0.15) is 0 Å². The summed E-state index contributed by atoms with van der Waals surface area (Å²) in [6.07, 6.45) is 7.32. The minimum atomic E-state index is -0.288. The Morgan fingerprint density at radius 2 is 1.74 bits per heavy atom. The maximum Gasteiger partial charge on any atom is 0.253 e. The lowest BCUT2D eigenvalue weighted by Gasteiger charge is -2.32. The van der Waals surface area contributed by atoms with Gasteiger partial charge >= 0.3 is 0 Å². The molecule has 8 heteroatoms. The Kier molecular flexibility index (Phi) is 5.69. The van der Waals surface area contributed by atoms with E-state index in [1.807, 2.05) is 29.2 Å². The molecule has 2 aliphatic heterocycles. The summed E-state index contributed by atoms with van der Waals surface area (Å²) in [4.78, 5) is 27.3. The number of fused-ring (bicyclic) bond motifs is 1. The van der Waals surface area contributed by atoms with Gasteiger partial charge in [0.25, 0.3) is 5.91 Å². The maximum atomic E-state index is 15.0. The van der Waals surface area contributed by atoms with Crippen LogP contribution in [0.5, 0.6) is 5.75 Å². The number of benzene rings is 1. The lowest BCUT2D eigenvalue weighted by Crippen LogP contribution is -2.38. The van der Waals surface area contributed by atoms with Crippen LogP contribution in [0.4, 0.5) is 4.39 Å². The Morgan fingerprint density at radius 1 is 1.00 bits per heavy atom. The van der Waals surface area contributed by atoms with Crippen molar-refractivity contribution < 1.29 is 13.9 Å². The molecule has 2 saturated heterocycles. The molecule has 2 aromatic heterocycles. The number of hydrogen-bond acceptors (Lipinski definition) is 5. The molecule has 34 heavy (non-hydrogen) atoms. The lowest BCUT2D eigenvalue weighted by atomic mass is 9.88. The number of nitrogens with zero attached hydrogens (tertiary/aromatic N) is 3. The van der Waals surface area contributed by atoms with E-state index in [0.717, 1.165) is 55.9 Å². The van der Waals surface area contributed by atoms with Crippen molar-refractivity contribution in [3.8, 4) is 5.75 Å². The van der Waals surface area contributed by atoms with Gasteiger partial charge in [-0.15, -0.1) is 0 Å². The number of imidazole rings is 1. The molecule has 3 aromatic rings. The van der Waals surface area contributed by atoms with Gasteiger partial charge in [0.15, 0.2) is 5.65 Å². The number of carbonyl (C=O) groups is 1. The molecule has 1 aliphatic carbocycles. The molecule has 6 rings (SSSR count). The molecule has 1 amide bonds. The van der Waals surface area contributed by atoms with Crippen molar-refractivity contribution in [2.75, 3.05) is 26.2 Å². The van der Waals surface area contributed by atoms with E-state index in [2.05, 4.69) is 15.3 Å². The quantitative estimate of drug-likeness (QED) is 0.595. The van der Waals surface area contributed by atoms with Crippen LogP contribution >= 0.6 is 0 Å². The minimum Gasteiger partial charge on any atom is -0.490 e. The molecule has 0 bridgehead atoms. The molecular weight excluding hydrogens is 433 g/mol. The van der Waals surface area contributed by atoms with Crippen molar-refractivity contribution in [2.45, 2.75) is 56.5 Å². The summed E-state index contributed by atoms with van der Waals surface area (Å²) in [6.45, 7) is 3.14. The van der Waals surface area contributed by atoms with Crippen molar-refractivity contribution in [1.82, 2.24) is 25.2 Å². The van der Waals surface area contributed by atoms with Crippen molar-refractivity contribution in [2.24, 2.45) is 0 Å². The van der Waals surface area contributed by atoms with E-state index in [9.17, 15) is 9.18 Å². The Morgan fingerprint density at radius 3 is 2.44 bits per heavy atom. The van der Waals surface area contributed by atoms with Gasteiger partial charge in [0.05, 0.1) is 17.8 Å². The minimum absolute atomic E-state index is 0.0199. The topological polar surface area (TPSA) is 83.1 Å². The Bertz CT molecular complexity index is 1180. The van der Waals surface area contributed by atoms with Gasteiger partial charge in [0, 0.05) is 30.1 Å². The highest BCUT2D eigenvalue weighted by Crippen LogP contribution is 2.35. The number of amides is 1. The number of H-pyrrole nitrogens is 1. The summed E-state index contributed by atoms with van der Waals surface area (Å²) in [6, 6.07) is 7.43. The SMILES string of the molecule is O=C(c1ccc(OC2CC2)cc1)N1CCC(c2c(F)cnc3nc(C4CCNCC4)[nH]c23)CC1. The van der Waals surface area contributed by atoms with Crippen LogP contribution in [-0.2, 0) is 0 Å². The predicted molar refractivity (Wildman–Crippen MR) is 127 cm³/mol. The van der Waals surface area contributed by atoms with E-state index >= 15 is 0 Å². The first-order valence-corrected chi connectivity index (χ1v) is 12.5. The van der Waals surface area contributed by atoms with Crippen LogP contribution in [0.2, 0.25) is 0 Å². The number of piperidine rings is 2. The monoisotopic (exact) mass is 463 g/mol. The molecule has 0 atom stereocenters. The van der Waals surface area contributed by atoms with Crippen molar-refractivity contribution in [3.05, 3.63) is 53.2 Å².